The monoisotopic (exact) mass is 344 g/mol. The van der Waals surface area contributed by atoms with Crippen LogP contribution in [0.15, 0.2) is 17.1 Å². The second kappa shape index (κ2) is 6.46. The molecule has 1 N–H and O–H groups in total. The summed E-state index contributed by atoms with van der Waals surface area (Å²) in [6.07, 6.45) is 2.86. The highest BCUT2D eigenvalue weighted by Gasteiger charge is 2.28. The van der Waals surface area contributed by atoms with Crippen molar-refractivity contribution < 1.29 is 9.53 Å². The van der Waals surface area contributed by atoms with Crippen LogP contribution in [0.3, 0.4) is 0 Å². The van der Waals surface area contributed by atoms with E-state index in [0.717, 1.165) is 24.1 Å². The van der Waals surface area contributed by atoms with E-state index in [9.17, 15) is 9.59 Å². The Kier molecular flexibility index (Phi) is 4.49. The van der Waals surface area contributed by atoms with Crippen LogP contribution in [0.4, 0.5) is 4.79 Å². The van der Waals surface area contributed by atoms with Gasteiger partial charge in [0, 0.05) is 24.8 Å². The van der Waals surface area contributed by atoms with E-state index >= 15 is 0 Å². The fraction of sp³-hybridized carbons (Fsp3) is 0.556. The lowest BCUT2D eigenvalue weighted by molar-refractivity contribution is 0.0204. The van der Waals surface area contributed by atoms with Gasteiger partial charge in [0.05, 0.1) is 5.69 Å². The first-order chi connectivity index (χ1) is 11.7. The molecule has 0 unspecified atom stereocenters. The average molecular weight is 344 g/mol. The molecule has 0 atom stereocenters. The normalized spacial score (nSPS) is 16.2. The molecule has 0 aromatic carbocycles. The Morgan fingerprint density at radius 2 is 2.00 bits per heavy atom. The Hall–Kier alpha value is -2.44. The maximum absolute atomic E-state index is 12.4. The number of amides is 1. The quantitative estimate of drug-likeness (QED) is 0.859. The van der Waals surface area contributed by atoms with Crippen LogP contribution >= 0.6 is 0 Å². The molecule has 0 spiro atoms. The van der Waals surface area contributed by atoms with E-state index < -0.39 is 5.60 Å². The van der Waals surface area contributed by atoms with E-state index in [1.165, 1.54) is 0 Å². The number of rotatable bonds is 1. The minimum absolute atomic E-state index is 0.106. The fourth-order valence-electron chi connectivity index (χ4n) is 3.08. The van der Waals surface area contributed by atoms with Crippen molar-refractivity contribution >= 4 is 17.3 Å². The zero-order chi connectivity index (χ0) is 18.2. The lowest BCUT2D eigenvalue weighted by Gasteiger charge is -2.33. The largest absolute Gasteiger partial charge is 0.444 e. The Morgan fingerprint density at radius 3 is 2.64 bits per heavy atom. The van der Waals surface area contributed by atoms with Crippen LogP contribution < -0.4 is 5.56 Å². The lowest BCUT2D eigenvalue weighted by Crippen LogP contribution is -2.41. The number of hydrogen-bond donors (Lipinski definition) is 1. The molecule has 1 amide bonds. The number of ether oxygens (including phenoxy) is 1. The number of carbonyl (C=O) groups excluding carboxylic acids is 1. The maximum Gasteiger partial charge on any atom is 0.410 e. The topological polar surface area (TPSA) is 88.2 Å². The minimum atomic E-state index is -0.500. The van der Waals surface area contributed by atoms with E-state index in [1.807, 2.05) is 33.8 Å². The molecule has 1 aliphatic heterocycles. The summed E-state index contributed by atoms with van der Waals surface area (Å²) in [5, 5.41) is 0. The number of fused-ring (bicyclic) bond motifs is 1. The Bertz CT molecular complexity index is 846. The second-order valence-corrected chi connectivity index (χ2v) is 7.54. The van der Waals surface area contributed by atoms with E-state index in [1.54, 1.807) is 11.1 Å². The van der Waals surface area contributed by atoms with Crippen molar-refractivity contribution in [1.29, 1.82) is 0 Å². The Balaban J connectivity index is 1.74. The molecular formula is C18H24N4O3. The van der Waals surface area contributed by atoms with Gasteiger partial charge in [-0.25, -0.2) is 9.78 Å². The van der Waals surface area contributed by atoms with Crippen LogP contribution in [0.1, 0.15) is 50.8 Å². The maximum atomic E-state index is 12.4. The Labute approximate surface area is 146 Å². The predicted molar refractivity (Wildman–Crippen MR) is 94.7 cm³/mol. The van der Waals surface area contributed by atoms with Gasteiger partial charge in [-0.05, 0) is 52.5 Å². The number of carbonyl (C=O) groups is 1. The third kappa shape index (κ3) is 3.97. The number of piperidine rings is 1. The molecule has 134 valence electrons. The summed E-state index contributed by atoms with van der Waals surface area (Å²) in [5.74, 6) is 0.106. The number of pyridine rings is 1. The van der Waals surface area contributed by atoms with Gasteiger partial charge in [-0.15, -0.1) is 0 Å². The highest BCUT2D eigenvalue weighted by molar-refractivity contribution is 5.70. The molecule has 1 saturated heterocycles. The van der Waals surface area contributed by atoms with Crippen LogP contribution in [0.5, 0.6) is 0 Å². The van der Waals surface area contributed by atoms with Gasteiger partial charge < -0.3 is 14.6 Å². The summed E-state index contributed by atoms with van der Waals surface area (Å²) in [4.78, 5) is 37.8. The van der Waals surface area contributed by atoms with E-state index in [2.05, 4.69) is 15.0 Å². The van der Waals surface area contributed by atoms with Gasteiger partial charge in [0.2, 0.25) is 0 Å². The fourth-order valence-corrected chi connectivity index (χ4v) is 3.08. The molecule has 0 radical (unpaired) electrons. The molecule has 7 heteroatoms. The van der Waals surface area contributed by atoms with Gasteiger partial charge >= 0.3 is 6.09 Å². The highest BCUT2D eigenvalue weighted by Crippen LogP contribution is 2.27. The van der Waals surface area contributed by atoms with Crippen molar-refractivity contribution in [2.45, 2.75) is 52.1 Å². The minimum Gasteiger partial charge on any atom is -0.444 e. The summed E-state index contributed by atoms with van der Waals surface area (Å²) >= 11 is 0. The van der Waals surface area contributed by atoms with Crippen LogP contribution in [0.25, 0.3) is 11.2 Å². The number of nitrogens with zero attached hydrogens (tertiary/aromatic N) is 3. The zero-order valence-corrected chi connectivity index (χ0v) is 15.1. The van der Waals surface area contributed by atoms with Crippen molar-refractivity contribution in [3.63, 3.8) is 0 Å². The number of H-pyrrole nitrogens is 1. The van der Waals surface area contributed by atoms with Crippen LogP contribution in [-0.4, -0.2) is 44.6 Å². The summed E-state index contributed by atoms with van der Waals surface area (Å²) < 4.78 is 5.41. The van der Waals surface area contributed by atoms with Gasteiger partial charge in [0.15, 0.2) is 5.65 Å². The molecular weight excluding hydrogens is 320 g/mol. The number of aromatic amines is 1. The van der Waals surface area contributed by atoms with Crippen molar-refractivity contribution in [2.24, 2.45) is 0 Å². The molecule has 2 aromatic heterocycles. The molecule has 25 heavy (non-hydrogen) atoms. The summed E-state index contributed by atoms with van der Waals surface area (Å²) in [5.41, 5.74) is 2.06. The second-order valence-electron chi connectivity index (χ2n) is 7.54. The smallest absolute Gasteiger partial charge is 0.410 e. The van der Waals surface area contributed by atoms with E-state index in [0.29, 0.717) is 24.3 Å². The molecule has 0 aliphatic carbocycles. The van der Waals surface area contributed by atoms with Crippen LogP contribution in [0.2, 0.25) is 0 Å². The number of nitrogens with one attached hydrogen (secondary N) is 1. The van der Waals surface area contributed by atoms with Crippen molar-refractivity contribution in [2.75, 3.05) is 13.1 Å². The molecule has 1 aliphatic rings. The number of hydrogen-bond acceptors (Lipinski definition) is 5. The molecule has 3 heterocycles. The third-order valence-corrected chi connectivity index (χ3v) is 4.29. The van der Waals surface area contributed by atoms with Crippen molar-refractivity contribution in [3.8, 4) is 0 Å². The van der Waals surface area contributed by atoms with Gasteiger partial charge in [0.25, 0.3) is 5.56 Å². The standard InChI is InChI=1S/C18H24N4O3/c1-11-10-19-14-9-13(16(23)21-15(14)20-11)12-5-7-22(8-6-12)17(24)25-18(2,3)4/h9-10,12H,5-8H2,1-4H3,(H,20,21,23). The summed E-state index contributed by atoms with van der Waals surface area (Å²) in [6.45, 7) is 8.57. The van der Waals surface area contributed by atoms with Crippen molar-refractivity contribution in [3.05, 3.63) is 33.9 Å². The summed E-state index contributed by atoms with van der Waals surface area (Å²) in [6, 6.07) is 1.83. The van der Waals surface area contributed by atoms with Crippen molar-refractivity contribution in [1.82, 2.24) is 19.9 Å². The first-order valence-electron chi connectivity index (χ1n) is 8.57. The SMILES string of the molecule is Cc1cnc2cc(C3CCN(C(=O)OC(C)(C)C)CC3)c(=O)[nH]c2n1. The number of aromatic nitrogens is 3. The van der Waals surface area contributed by atoms with Gasteiger partial charge in [-0.1, -0.05) is 0 Å². The first-order valence-corrected chi connectivity index (χ1v) is 8.57. The first kappa shape index (κ1) is 17.4. The number of aryl methyl sites for hydroxylation is 1. The third-order valence-electron chi connectivity index (χ3n) is 4.29. The van der Waals surface area contributed by atoms with Gasteiger partial charge in [0.1, 0.15) is 11.1 Å². The molecule has 1 fully saturated rings. The Morgan fingerprint density at radius 1 is 1.32 bits per heavy atom. The molecule has 7 nitrogen and oxygen atoms in total. The van der Waals surface area contributed by atoms with E-state index in [4.69, 9.17) is 4.74 Å². The molecule has 0 saturated carbocycles. The van der Waals surface area contributed by atoms with E-state index in [-0.39, 0.29) is 17.6 Å². The van der Waals surface area contributed by atoms with Crippen LogP contribution in [0, 0.1) is 6.92 Å². The lowest BCUT2D eigenvalue weighted by atomic mass is 9.90. The zero-order valence-electron chi connectivity index (χ0n) is 15.1. The van der Waals surface area contributed by atoms with Gasteiger partial charge in [-0.2, -0.15) is 0 Å². The predicted octanol–water partition coefficient (Wildman–Crippen LogP) is 2.74. The summed E-state index contributed by atoms with van der Waals surface area (Å²) in [7, 11) is 0. The molecule has 3 rings (SSSR count). The average Bonchev–Trinajstić information content (AvgIpc) is 2.52. The van der Waals surface area contributed by atoms with Gasteiger partial charge in [-0.3, -0.25) is 9.78 Å². The molecule has 2 aromatic rings. The van der Waals surface area contributed by atoms with Crippen LogP contribution in [-0.2, 0) is 4.74 Å². The number of likely N-dealkylation sites (tertiary alicyclic amines) is 1. The highest BCUT2D eigenvalue weighted by atomic mass is 16.6. The molecule has 0 bridgehead atoms.